The Balaban J connectivity index is 1.39. The smallest absolute Gasteiger partial charge is 0.410 e. The molecule has 3 saturated heterocycles. The number of aromatic nitrogens is 2. The van der Waals surface area contributed by atoms with Crippen LogP contribution in [0.2, 0.25) is 5.02 Å². The summed E-state index contributed by atoms with van der Waals surface area (Å²) in [5, 5.41) is 0.944. The van der Waals surface area contributed by atoms with Gasteiger partial charge in [-0.25, -0.2) is 13.6 Å². The molecule has 8 nitrogen and oxygen atoms in total. The summed E-state index contributed by atoms with van der Waals surface area (Å²) in [5.41, 5.74) is -0.00147. The number of carbonyl (C=O) groups excluding carboxylic acids is 1. The molecule has 11 heteroatoms. The lowest BCUT2D eigenvalue weighted by atomic mass is 9.91. The van der Waals surface area contributed by atoms with Crippen molar-refractivity contribution in [2.75, 3.05) is 37.7 Å². The fourth-order valence-electron chi connectivity index (χ4n) is 7.38. The highest BCUT2D eigenvalue weighted by Crippen LogP contribution is 2.44. The number of anilines is 1. The van der Waals surface area contributed by atoms with Crippen molar-refractivity contribution < 1.29 is 23.0 Å². The van der Waals surface area contributed by atoms with Gasteiger partial charge in [0, 0.05) is 31.1 Å². The van der Waals surface area contributed by atoms with Gasteiger partial charge in [0.05, 0.1) is 23.0 Å². The number of halogens is 3. The molecule has 224 valence electrons. The predicted molar refractivity (Wildman–Crippen MR) is 154 cm³/mol. The number of carbonyl (C=O) groups is 1. The quantitative estimate of drug-likeness (QED) is 0.447. The van der Waals surface area contributed by atoms with Crippen LogP contribution in [0.25, 0.3) is 10.9 Å². The first-order valence-corrected chi connectivity index (χ1v) is 15.2. The molecule has 1 aromatic carbocycles. The minimum Gasteiger partial charge on any atom is -0.461 e. The SMILES string of the molecule is CC[C@@H]1CN2c3nc(OC[C@@]45CCCN4C[C@H](F)C5)nc4c(F)cc(Cl)c(c34)C[C@H](C)[C@H]2CN1C(=O)OC(C)(C)C. The maximum atomic E-state index is 15.5. The van der Waals surface area contributed by atoms with E-state index in [0.717, 1.165) is 24.9 Å². The number of hydrogen-bond donors (Lipinski definition) is 0. The van der Waals surface area contributed by atoms with Gasteiger partial charge in [-0.2, -0.15) is 9.97 Å². The normalized spacial score (nSPS) is 29.9. The van der Waals surface area contributed by atoms with Crippen LogP contribution >= 0.6 is 11.6 Å². The van der Waals surface area contributed by atoms with E-state index >= 15 is 4.39 Å². The average Bonchev–Trinajstić information content (AvgIpc) is 3.39. The molecule has 1 amide bonds. The highest BCUT2D eigenvalue weighted by molar-refractivity contribution is 6.32. The van der Waals surface area contributed by atoms with Crippen molar-refractivity contribution in [1.29, 1.82) is 0 Å². The maximum Gasteiger partial charge on any atom is 0.410 e. The Bertz CT molecular complexity index is 1360. The van der Waals surface area contributed by atoms with Crippen molar-refractivity contribution in [3.05, 3.63) is 22.5 Å². The molecule has 41 heavy (non-hydrogen) atoms. The number of amides is 1. The number of alkyl halides is 1. The lowest BCUT2D eigenvalue weighted by Gasteiger charge is -2.48. The summed E-state index contributed by atoms with van der Waals surface area (Å²) >= 11 is 6.65. The second-order valence-electron chi connectivity index (χ2n) is 13.3. The Morgan fingerprint density at radius 1 is 1.24 bits per heavy atom. The van der Waals surface area contributed by atoms with Gasteiger partial charge in [0.25, 0.3) is 0 Å². The van der Waals surface area contributed by atoms with Crippen LogP contribution in [0.4, 0.5) is 19.4 Å². The van der Waals surface area contributed by atoms with E-state index in [2.05, 4.69) is 21.7 Å². The Labute approximate surface area is 245 Å². The molecule has 1 aromatic heterocycles. The first kappa shape index (κ1) is 28.6. The first-order valence-electron chi connectivity index (χ1n) is 14.9. The van der Waals surface area contributed by atoms with Gasteiger partial charge in [-0.05, 0) is 70.5 Å². The molecule has 4 aliphatic heterocycles. The summed E-state index contributed by atoms with van der Waals surface area (Å²) in [6.45, 7) is 12.2. The van der Waals surface area contributed by atoms with E-state index < -0.39 is 17.6 Å². The van der Waals surface area contributed by atoms with Crippen LogP contribution in [0.5, 0.6) is 6.01 Å². The van der Waals surface area contributed by atoms with Crippen LogP contribution in [-0.2, 0) is 11.2 Å². The maximum absolute atomic E-state index is 15.5. The fraction of sp³-hybridized carbons (Fsp3) is 0.700. The van der Waals surface area contributed by atoms with Gasteiger partial charge >= 0.3 is 12.1 Å². The van der Waals surface area contributed by atoms with E-state index in [1.54, 1.807) is 0 Å². The Morgan fingerprint density at radius 2 is 2.02 bits per heavy atom. The van der Waals surface area contributed by atoms with Crippen LogP contribution in [0.3, 0.4) is 0 Å². The molecular weight excluding hydrogens is 552 g/mol. The highest BCUT2D eigenvalue weighted by Gasteiger charge is 2.50. The number of nitrogens with zero attached hydrogens (tertiary/aromatic N) is 5. The molecule has 0 N–H and O–H groups in total. The van der Waals surface area contributed by atoms with Crippen LogP contribution in [-0.4, -0.2) is 88.0 Å². The van der Waals surface area contributed by atoms with E-state index in [1.807, 2.05) is 32.6 Å². The molecule has 0 aliphatic carbocycles. The van der Waals surface area contributed by atoms with Crippen molar-refractivity contribution in [3.63, 3.8) is 0 Å². The minimum atomic E-state index is -0.877. The predicted octanol–water partition coefficient (Wildman–Crippen LogP) is 5.77. The van der Waals surface area contributed by atoms with E-state index in [0.29, 0.717) is 55.1 Å². The molecule has 4 aliphatic rings. The molecule has 0 saturated carbocycles. The molecule has 3 fully saturated rings. The summed E-state index contributed by atoms with van der Waals surface area (Å²) in [5.74, 6) is 0.125. The third kappa shape index (κ3) is 5.09. The van der Waals surface area contributed by atoms with E-state index in [9.17, 15) is 9.18 Å². The number of fused-ring (bicyclic) bond motifs is 3. The highest BCUT2D eigenvalue weighted by atomic mass is 35.5. The molecule has 6 rings (SSSR count). The topological polar surface area (TPSA) is 71.0 Å². The van der Waals surface area contributed by atoms with Gasteiger partial charge < -0.3 is 19.3 Å². The zero-order chi connectivity index (χ0) is 29.3. The van der Waals surface area contributed by atoms with Crippen molar-refractivity contribution in [2.24, 2.45) is 5.92 Å². The number of benzene rings is 1. The van der Waals surface area contributed by atoms with Crippen LogP contribution in [0.15, 0.2) is 6.07 Å². The average molecular weight is 592 g/mol. The van der Waals surface area contributed by atoms with Gasteiger partial charge in [0.2, 0.25) is 0 Å². The molecule has 5 atom stereocenters. The van der Waals surface area contributed by atoms with Gasteiger partial charge in [-0.3, -0.25) is 4.90 Å². The zero-order valence-electron chi connectivity index (χ0n) is 24.6. The third-order valence-electron chi connectivity index (χ3n) is 9.36. The van der Waals surface area contributed by atoms with Gasteiger partial charge in [-0.15, -0.1) is 0 Å². The summed E-state index contributed by atoms with van der Waals surface area (Å²) in [4.78, 5) is 28.9. The second kappa shape index (κ2) is 10.4. The van der Waals surface area contributed by atoms with E-state index in [1.165, 1.54) is 6.07 Å². The number of hydrogen-bond acceptors (Lipinski definition) is 7. The largest absolute Gasteiger partial charge is 0.461 e. The van der Waals surface area contributed by atoms with Gasteiger partial charge in [0.15, 0.2) is 5.82 Å². The van der Waals surface area contributed by atoms with Crippen LogP contribution < -0.4 is 9.64 Å². The summed E-state index contributed by atoms with van der Waals surface area (Å²) in [6, 6.07) is 1.17. The lowest BCUT2D eigenvalue weighted by Crippen LogP contribution is -2.62. The monoisotopic (exact) mass is 591 g/mol. The fourth-order valence-corrected chi connectivity index (χ4v) is 7.65. The molecule has 0 unspecified atom stereocenters. The second-order valence-corrected chi connectivity index (χ2v) is 13.7. The lowest BCUT2D eigenvalue weighted by molar-refractivity contribution is 0.00798. The van der Waals surface area contributed by atoms with Crippen molar-refractivity contribution in [3.8, 4) is 6.01 Å². The van der Waals surface area contributed by atoms with Crippen molar-refractivity contribution in [1.82, 2.24) is 19.8 Å². The first-order chi connectivity index (χ1) is 19.4. The molecule has 0 bridgehead atoms. The Morgan fingerprint density at radius 3 is 2.76 bits per heavy atom. The van der Waals surface area contributed by atoms with Gasteiger partial charge in [0.1, 0.15) is 29.7 Å². The Kier molecular flexibility index (Phi) is 7.24. The zero-order valence-corrected chi connectivity index (χ0v) is 25.3. The Hall–Kier alpha value is -2.46. The number of piperazine rings is 1. The molecule has 2 aromatic rings. The number of ether oxygens (including phenoxy) is 2. The standard InChI is InChI=1S/C30H40ClF2N5O3/c1-6-19-14-38-23(15-37(19)28(39)41-29(3,4)5)17(2)10-20-21(31)11-22(33)25-24(20)26(38)35-27(34-25)40-16-30-8-7-9-36(30)13-18(32)12-30/h11,17-19,23H,6-10,12-16H2,1-5H3/t17-,18+,19+,23+,30-/m0/s1. The van der Waals surface area contributed by atoms with Gasteiger partial charge in [-0.1, -0.05) is 25.4 Å². The van der Waals surface area contributed by atoms with E-state index in [4.69, 9.17) is 26.1 Å². The van der Waals surface area contributed by atoms with Crippen molar-refractivity contribution >= 4 is 34.4 Å². The van der Waals surface area contributed by atoms with Crippen LogP contribution in [0, 0.1) is 11.7 Å². The summed E-state index contributed by atoms with van der Waals surface area (Å²) < 4.78 is 41.9. The molecular formula is C30H40ClF2N5O3. The minimum absolute atomic E-state index is 0.0772. The number of rotatable bonds is 4. The summed E-state index contributed by atoms with van der Waals surface area (Å²) in [7, 11) is 0. The van der Waals surface area contributed by atoms with Crippen molar-refractivity contribution in [2.45, 2.75) is 96.1 Å². The molecule has 0 radical (unpaired) electrons. The molecule has 0 spiro atoms. The third-order valence-corrected chi connectivity index (χ3v) is 9.69. The summed E-state index contributed by atoms with van der Waals surface area (Å²) in [6.07, 6.45) is 2.37. The van der Waals surface area contributed by atoms with E-state index in [-0.39, 0.29) is 47.8 Å². The molecule has 5 heterocycles. The van der Waals surface area contributed by atoms with Crippen LogP contribution in [0.1, 0.15) is 65.9 Å².